The summed E-state index contributed by atoms with van der Waals surface area (Å²) in [6.07, 6.45) is 5.13. The Morgan fingerprint density at radius 1 is 1.07 bits per heavy atom. The summed E-state index contributed by atoms with van der Waals surface area (Å²) in [5.41, 5.74) is 2.67. The summed E-state index contributed by atoms with van der Waals surface area (Å²) in [5, 5.41) is 9.10. The Hall–Kier alpha value is -1.74. The number of hydrogen-bond donors (Lipinski definition) is 1. The lowest BCUT2D eigenvalue weighted by atomic mass is 10.1. The van der Waals surface area contributed by atoms with Gasteiger partial charge in [-0.15, -0.1) is 0 Å². The first-order valence-corrected chi connectivity index (χ1v) is 4.37. The van der Waals surface area contributed by atoms with Crippen LogP contribution < -0.4 is 0 Å². The molecular weight excluding hydrogens is 176 g/mol. The zero-order valence-corrected chi connectivity index (χ0v) is 7.59. The highest BCUT2D eigenvalue weighted by atomic mass is 16.3. The number of rotatable bonds is 2. The number of nitrogens with zero attached hydrogens (tertiary/aromatic N) is 2. The normalized spacial score (nSPS) is 10.1. The van der Waals surface area contributed by atoms with E-state index in [4.69, 9.17) is 5.11 Å². The lowest BCUT2D eigenvalue weighted by Gasteiger charge is -2.04. The Kier molecular flexibility index (Phi) is 2.51. The molecule has 0 atom stereocenters. The molecular formula is C11H10N2O. The van der Waals surface area contributed by atoms with Gasteiger partial charge in [0.25, 0.3) is 0 Å². The van der Waals surface area contributed by atoms with Gasteiger partial charge in [0, 0.05) is 24.2 Å². The topological polar surface area (TPSA) is 46.0 Å². The molecule has 0 amide bonds. The van der Waals surface area contributed by atoms with Gasteiger partial charge in [0.15, 0.2) is 0 Å². The Morgan fingerprint density at radius 3 is 2.57 bits per heavy atom. The molecule has 0 radical (unpaired) electrons. The molecule has 2 aromatic heterocycles. The van der Waals surface area contributed by atoms with E-state index in [1.807, 2.05) is 24.3 Å². The maximum atomic E-state index is 9.10. The van der Waals surface area contributed by atoms with Gasteiger partial charge in [-0.3, -0.25) is 9.97 Å². The van der Waals surface area contributed by atoms with Crippen molar-refractivity contribution in [1.29, 1.82) is 0 Å². The lowest BCUT2D eigenvalue weighted by molar-refractivity contribution is 0.277. The van der Waals surface area contributed by atoms with Gasteiger partial charge in [0.2, 0.25) is 0 Å². The van der Waals surface area contributed by atoms with Gasteiger partial charge in [-0.1, -0.05) is 6.07 Å². The summed E-state index contributed by atoms with van der Waals surface area (Å²) in [6.45, 7) is -0.0432. The molecule has 0 bridgehead atoms. The van der Waals surface area contributed by atoms with E-state index < -0.39 is 0 Å². The van der Waals surface area contributed by atoms with E-state index >= 15 is 0 Å². The molecule has 0 saturated heterocycles. The van der Waals surface area contributed by atoms with Crippen LogP contribution in [0.2, 0.25) is 0 Å². The first kappa shape index (κ1) is 8.84. The molecule has 3 nitrogen and oxygen atoms in total. The average Bonchev–Trinajstić information content (AvgIpc) is 2.30. The van der Waals surface area contributed by atoms with Crippen LogP contribution in [0.4, 0.5) is 0 Å². The van der Waals surface area contributed by atoms with E-state index in [9.17, 15) is 0 Å². The quantitative estimate of drug-likeness (QED) is 0.775. The lowest BCUT2D eigenvalue weighted by Crippen LogP contribution is -1.92. The third-order valence-electron chi connectivity index (χ3n) is 2.03. The van der Waals surface area contributed by atoms with Crippen LogP contribution >= 0.6 is 0 Å². The van der Waals surface area contributed by atoms with Crippen molar-refractivity contribution in [2.24, 2.45) is 0 Å². The van der Waals surface area contributed by atoms with Crippen LogP contribution in [0, 0.1) is 0 Å². The highest BCUT2D eigenvalue weighted by Gasteiger charge is 2.03. The third-order valence-corrected chi connectivity index (χ3v) is 2.03. The minimum atomic E-state index is -0.0432. The van der Waals surface area contributed by atoms with Crippen LogP contribution in [0.15, 0.2) is 42.9 Å². The molecule has 0 spiro atoms. The maximum Gasteiger partial charge on any atom is 0.0859 e. The molecule has 14 heavy (non-hydrogen) atoms. The first-order valence-electron chi connectivity index (χ1n) is 4.37. The number of aliphatic hydroxyl groups excluding tert-OH is 1. The second kappa shape index (κ2) is 3.98. The van der Waals surface area contributed by atoms with Crippen molar-refractivity contribution in [2.75, 3.05) is 0 Å². The molecule has 2 rings (SSSR count). The highest BCUT2D eigenvalue weighted by molar-refractivity contribution is 5.64. The summed E-state index contributed by atoms with van der Waals surface area (Å²) in [5.74, 6) is 0. The first-order chi connectivity index (χ1) is 6.92. The molecule has 2 aromatic rings. The van der Waals surface area contributed by atoms with Crippen molar-refractivity contribution < 1.29 is 5.11 Å². The second-order valence-electron chi connectivity index (χ2n) is 2.89. The van der Waals surface area contributed by atoms with E-state index in [1.165, 1.54) is 0 Å². The van der Waals surface area contributed by atoms with E-state index in [0.717, 1.165) is 11.1 Å². The Morgan fingerprint density at radius 2 is 1.86 bits per heavy atom. The summed E-state index contributed by atoms with van der Waals surface area (Å²) < 4.78 is 0. The molecule has 3 heteroatoms. The minimum absolute atomic E-state index is 0.0432. The zero-order chi connectivity index (χ0) is 9.80. The van der Waals surface area contributed by atoms with Crippen LogP contribution in [-0.2, 0) is 6.61 Å². The maximum absolute atomic E-state index is 9.10. The number of hydrogen-bond acceptors (Lipinski definition) is 3. The third kappa shape index (κ3) is 1.63. The molecule has 70 valence electrons. The zero-order valence-electron chi connectivity index (χ0n) is 7.59. The second-order valence-corrected chi connectivity index (χ2v) is 2.89. The van der Waals surface area contributed by atoms with Crippen molar-refractivity contribution in [2.45, 2.75) is 6.61 Å². The van der Waals surface area contributed by atoms with Crippen LogP contribution in [0.5, 0.6) is 0 Å². The molecule has 0 aliphatic rings. The molecule has 0 unspecified atom stereocenters. The van der Waals surface area contributed by atoms with Crippen LogP contribution in [0.25, 0.3) is 11.1 Å². The van der Waals surface area contributed by atoms with Crippen molar-refractivity contribution in [3.63, 3.8) is 0 Å². The molecule has 0 saturated carbocycles. The molecule has 0 aliphatic heterocycles. The predicted molar refractivity (Wildman–Crippen MR) is 53.4 cm³/mol. The summed E-state index contributed by atoms with van der Waals surface area (Å²) in [6, 6.07) is 7.59. The van der Waals surface area contributed by atoms with Crippen LogP contribution in [0.3, 0.4) is 0 Å². The van der Waals surface area contributed by atoms with Crippen molar-refractivity contribution >= 4 is 0 Å². The highest BCUT2D eigenvalue weighted by Crippen LogP contribution is 2.20. The standard InChI is InChI=1S/C11H10N2O/c14-8-11-10(2-1-5-13-11)9-3-6-12-7-4-9/h1-7,14H,8H2. The van der Waals surface area contributed by atoms with Crippen molar-refractivity contribution in [3.05, 3.63) is 48.5 Å². The summed E-state index contributed by atoms with van der Waals surface area (Å²) >= 11 is 0. The van der Waals surface area contributed by atoms with E-state index in [-0.39, 0.29) is 6.61 Å². The fraction of sp³-hybridized carbons (Fsp3) is 0.0909. The van der Waals surface area contributed by atoms with Gasteiger partial charge in [-0.25, -0.2) is 0 Å². The summed E-state index contributed by atoms with van der Waals surface area (Å²) in [7, 11) is 0. The van der Waals surface area contributed by atoms with Gasteiger partial charge in [0.1, 0.15) is 0 Å². The van der Waals surface area contributed by atoms with Crippen molar-refractivity contribution in [3.8, 4) is 11.1 Å². The monoisotopic (exact) mass is 186 g/mol. The van der Waals surface area contributed by atoms with Crippen molar-refractivity contribution in [1.82, 2.24) is 9.97 Å². The number of aliphatic hydroxyl groups is 1. The molecule has 0 aromatic carbocycles. The van der Waals surface area contributed by atoms with Gasteiger partial charge in [0.05, 0.1) is 12.3 Å². The average molecular weight is 186 g/mol. The molecule has 2 heterocycles. The van der Waals surface area contributed by atoms with E-state index in [0.29, 0.717) is 5.69 Å². The predicted octanol–water partition coefficient (Wildman–Crippen LogP) is 1.64. The minimum Gasteiger partial charge on any atom is -0.390 e. The summed E-state index contributed by atoms with van der Waals surface area (Å²) in [4.78, 5) is 8.05. The van der Waals surface area contributed by atoms with Gasteiger partial charge < -0.3 is 5.11 Å². The van der Waals surface area contributed by atoms with Crippen LogP contribution in [-0.4, -0.2) is 15.1 Å². The van der Waals surface area contributed by atoms with E-state index in [1.54, 1.807) is 18.6 Å². The molecule has 0 fully saturated rings. The Balaban J connectivity index is 2.51. The number of pyridine rings is 2. The largest absolute Gasteiger partial charge is 0.390 e. The molecule has 1 N–H and O–H groups in total. The van der Waals surface area contributed by atoms with E-state index in [2.05, 4.69) is 9.97 Å². The molecule has 0 aliphatic carbocycles. The van der Waals surface area contributed by atoms with Gasteiger partial charge >= 0.3 is 0 Å². The smallest absolute Gasteiger partial charge is 0.0859 e. The Bertz CT molecular complexity index is 415. The Labute approximate surface area is 82.1 Å². The van der Waals surface area contributed by atoms with Crippen LogP contribution in [0.1, 0.15) is 5.69 Å². The fourth-order valence-electron chi connectivity index (χ4n) is 1.36. The number of aromatic nitrogens is 2. The van der Waals surface area contributed by atoms with Gasteiger partial charge in [-0.05, 0) is 23.8 Å². The van der Waals surface area contributed by atoms with Gasteiger partial charge in [-0.2, -0.15) is 0 Å². The SMILES string of the molecule is OCc1ncccc1-c1ccncc1. The fourth-order valence-corrected chi connectivity index (χ4v) is 1.36.